The molecule has 2 aromatic carbocycles. The molecule has 0 bridgehead atoms. The SMILES string of the molecule is Cc1cc(C)c(-n2c(N)c3cnc(Nc4ccc5c(c4)CN(C)CN5)nc3nc2=O)c(C)c1. The topological polar surface area (TPSA) is 114 Å². The number of aromatic nitrogens is 4. The van der Waals surface area contributed by atoms with Crippen molar-refractivity contribution in [3.63, 3.8) is 0 Å². The van der Waals surface area contributed by atoms with Crippen molar-refractivity contribution in [3.05, 3.63) is 69.3 Å². The van der Waals surface area contributed by atoms with Crippen LogP contribution in [0.1, 0.15) is 22.3 Å². The Bertz CT molecular complexity index is 1440. The Morgan fingerprint density at radius 3 is 2.61 bits per heavy atom. The van der Waals surface area contributed by atoms with Gasteiger partial charge >= 0.3 is 5.69 Å². The highest BCUT2D eigenvalue weighted by Gasteiger charge is 2.17. The molecule has 0 saturated heterocycles. The lowest BCUT2D eigenvalue weighted by Crippen LogP contribution is -2.29. The number of hydrogen-bond donors (Lipinski definition) is 3. The van der Waals surface area contributed by atoms with E-state index in [-0.39, 0.29) is 11.5 Å². The number of aryl methyl sites for hydroxylation is 3. The zero-order chi connectivity index (χ0) is 23.3. The third kappa shape index (κ3) is 3.76. The van der Waals surface area contributed by atoms with Gasteiger partial charge < -0.3 is 16.4 Å². The Morgan fingerprint density at radius 1 is 1.09 bits per heavy atom. The number of nitrogens with zero attached hydrogens (tertiary/aromatic N) is 5. The average Bonchev–Trinajstić information content (AvgIpc) is 2.75. The number of hydrogen-bond acceptors (Lipinski definition) is 8. The summed E-state index contributed by atoms with van der Waals surface area (Å²) in [5.41, 5.74) is 13.2. The summed E-state index contributed by atoms with van der Waals surface area (Å²) >= 11 is 0. The zero-order valence-corrected chi connectivity index (χ0v) is 19.1. The number of nitrogen functional groups attached to an aromatic ring is 1. The molecule has 168 valence electrons. The van der Waals surface area contributed by atoms with Gasteiger partial charge in [-0.3, -0.25) is 4.90 Å². The Morgan fingerprint density at radius 2 is 1.85 bits per heavy atom. The third-order valence-corrected chi connectivity index (χ3v) is 5.88. The normalized spacial score (nSPS) is 13.6. The number of rotatable bonds is 3. The van der Waals surface area contributed by atoms with Gasteiger partial charge in [-0.25, -0.2) is 14.3 Å². The highest BCUT2D eigenvalue weighted by atomic mass is 16.1. The van der Waals surface area contributed by atoms with Crippen molar-refractivity contribution in [2.75, 3.05) is 30.1 Å². The molecule has 0 saturated carbocycles. The summed E-state index contributed by atoms with van der Waals surface area (Å²) in [7, 11) is 2.06. The van der Waals surface area contributed by atoms with Gasteiger partial charge in [0.25, 0.3) is 0 Å². The molecule has 0 amide bonds. The van der Waals surface area contributed by atoms with Crippen LogP contribution in [0.5, 0.6) is 0 Å². The Hall–Kier alpha value is -3.98. The molecule has 9 nitrogen and oxygen atoms in total. The van der Waals surface area contributed by atoms with Crippen LogP contribution in [0.25, 0.3) is 16.7 Å². The molecule has 0 spiro atoms. The van der Waals surface area contributed by atoms with E-state index < -0.39 is 5.69 Å². The van der Waals surface area contributed by atoms with E-state index in [4.69, 9.17) is 5.73 Å². The summed E-state index contributed by atoms with van der Waals surface area (Å²) in [6, 6.07) is 10.1. The van der Waals surface area contributed by atoms with Gasteiger partial charge in [0.05, 0.1) is 17.7 Å². The van der Waals surface area contributed by atoms with Crippen LogP contribution in [0.4, 0.5) is 23.1 Å². The van der Waals surface area contributed by atoms with Crippen LogP contribution in [0.3, 0.4) is 0 Å². The minimum absolute atomic E-state index is 0.257. The Labute approximate surface area is 191 Å². The molecule has 33 heavy (non-hydrogen) atoms. The van der Waals surface area contributed by atoms with E-state index in [2.05, 4.69) is 43.6 Å². The van der Waals surface area contributed by atoms with Crippen molar-refractivity contribution in [2.24, 2.45) is 0 Å². The van der Waals surface area contributed by atoms with Gasteiger partial charge in [-0.05, 0) is 62.7 Å². The number of benzene rings is 2. The molecule has 1 aliphatic heterocycles. The van der Waals surface area contributed by atoms with Crippen LogP contribution in [0.2, 0.25) is 0 Å². The minimum Gasteiger partial charge on any atom is -0.384 e. The molecule has 9 heteroatoms. The zero-order valence-electron chi connectivity index (χ0n) is 19.1. The van der Waals surface area contributed by atoms with E-state index in [9.17, 15) is 4.79 Å². The Kier molecular flexibility index (Phi) is 4.98. The maximum Gasteiger partial charge on any atom is 0.355 e. The van der Waals surface area contributed by atoms with E-state index in [1.54, 1.807) is 6.20 Å². The highest BCUT2D eigenvalue weighted by Crippen LogP contribution is 2.28. The van der Waals surface area contributed by atoms with E-state index >= 15 is 0 Å². The summed E-state index contributed by atoms with van der Waals surface area (Å²) < 4.78 is 1.44. The minimum atomic E-state index is -0.470. The first-order valence-electron chi connectivity index (χ1n) is 10.8. The van der Waals surface area contributed by atoms with Crippen LogP contribution in [0.15, 0.2) is 41.3 Å². The number of nitrogens with two attached hydrogens (primary N) is 1. The summed E-state index contributed by atoms with van der Waals surface area (Å²) in [6.07, 6.45) is 1.61. The first kappa shape index (κ1) is 20.9. The van der Waals surface area contributed by atoms with Crippen LogP contribution in [-0.2, 0) is 6.54 Å². The number of anilines is 4. The molecule has 0 unspecified atom stereocenters. The van der Waals surface area contributed by atoms with Crippen molar-refractivity contribution in [2.45, 2.75) is 27.3 Å². The van der Waals surface area contributed by atoms with Gasteiger partial charge in [0.15, 0.2) is 5.65 Å². The maximum atomic E-state index is 13.0. The van der Waals surface area contributed by atoms with Crippen molar-refractivity contribution >= 4 is 34.2 Å². The molecule has 2 aromatic heterocycles. The average molecular weight is 443 g/mol. The monoisotopic (exact) mass is 442 g/mol. The second kappa shape index (κ2) is 7.86. The molecule has 0 fully saturated rings. The fourth-order valence-corrected chi connectivity index (χ4v) is 4.47. The lowest BCUT2D eigenvalue weighted by atomic mass is 10.0. The van der Waals surface area contributed by atoms with Gasteiger partial charge in [-0.15, -0.1) is 0 Å². The van der Waals surface area contributed by atoms with Crippen LogP contribution >= 0.6 is 0 Å². The number of fused-ring (bicyclic) bond motifs is 2. The Balaban J connectivity index is 1.53. The molecule has 1 aliphatic rings. The van der Waals surface area contributed by atoms with E-state index in [1.807, 2.05) is 45.0 Å². The molecule has 5 rings (SSSR count). The van der Waals surface area contributed by atoms with E-state index in [1.165, 1.54) is 10.1 Å². The predicted molar refractivity (Wildman–Crippen MR) is 131 cm³/mol. The van der Waals surface area contributed by atoms with Crippen molar-refractivity contribution in [1.29, 1.82) is 0 Å². The molecular formula is C24H26N8O. The summed E-state index contributed by atoms with van der Waals surface area (Å²) in [4.78, 5) is 28.3. The lowest BCUT2D eigenvalue weighted by molar-refractivity contribution is 0.340. The van der Waals surface area contributed by atoms with Gasteiger partial charge in [0, 0.05) is 24.1 Å². The summed E-state index contributed by atoms with van der Waals surface area (Å²) in [5, 5.41) is 7.11. The van der Waals surface area contributed by atoms with Crippen LogP contribution in [-0.4, -0.2) is 38.1 Å². The quantitative estimate of drug-likeness (QED) is 0.443. The second-order valence-corrected chi connectivity index (χ2v) is 8.64. The molecular weight excluding hydrogens is 416 g/mol. The molecule has 0 atom stereocenters. The highest BCUT2D eigenvalue weighted by molar-refractivity contribution is 5.86. The summed E-state index contributed by atoms with van der Waals surface area (Å²) in [5.74, 6) is 0.626. The predicted octanol–water partition coefficient (Wildman–Crippen LogP) is 3.24. The molecule has 0 radical (unpaired) electrons. The molecule has 4 aromatic rings. The van der Waals surface area contributed by atoms with Crippen LogP contribution < -0.4 is 22.1 Å². The lowest BCUT2D eigenvalue weighted by Gasteiger charge is -2.26. The first-order valence-corrected chi connectivity index (χ1v) is 10.8. The van der Waals surface area contributed by atoms with Gasteiger partial charge in [0.2, 0.25) is 5.95 Å². The maximum absolute atomic E-state index is 13.0. The smallest absolute Gasteiger partial charge is 0.355 e. The largest absolute Gasteiger partial charge is 0.384 e. The second-order valence-electron chi connectivity index (χ2n) is 8.64. The van der Waals surface area contributed by atoms with E-state index in [0.717, 1.165) is 47.0 Å². The van der Waals surface area contributed by atoms with Gasteiger partial charge in [-0.1, -0.05) is 17.7 Å². The van der Waals surface area contributed by atoms with Crippen LogP contribution in [0, 0.1) is 20.8 Å². The standard InChI is InChI=1S/C24H26N8O/c1-13-7-14(2)20(15(3)8-13)32-21(25)18-10-26-23(29-22(18)30-24(32)33)28-17-5-6-19-16(9-17)11-31(4)12-27-19/h5-10,27H,11-12,25H2,1-4H3,(H,28,29,30,33). The first-order chi connectivity index (χ1) is 15.8. The summed E-state index contributed by atoms with van der Waals surface area (Å²) in [6.45, 7) is 7.61. The van der Waals surface area contributed by atoms with E-state index in [0.29, 0.717) is 11.3 Å². The van der Waals surface area contributed by atoms with Crippen molar-refractivity contribution in [1.82, 2.24) is 24.4 Å². The fourth-order valence-electron chi connectivity index (χ4n) is 4.47. The van der Waals surface area contributed by atoms with Gasteiger partial charge in [0.1, 0.15) is 5.82 Å². The van der Waals surface area contributed by atoms with Gasteiger partial charge in [-0.2, -0.15) is 9.97 Å². The fraction of sp³-hybridized carbons (Fsp3) is 0.250. The molecule has 0 aliphatic carbocycles. The third-order valence-electron chi connectivity index (χ3n) is 5.88. The molecule has 4 N–H and O–H groups in total. The molecule has 3 heterocycles. The van der Waals surface area contributed by atoms with Crippen molar-refractivity contribution in [3.8, 4) is 5.69 Å². The van der Waals surface area contributed by atoms with Crippen molar-refractivity contribution < 1.29 is 0 Å². The number of nitrogens with one attached hydrogen (secondary N) is 2.